The zero-order valence-electron chi connectivity index (χ0n) is 19.3. The summed E-state index contributed by atoms with van der Waals surface area (Å²) in [6.45, 7) is 11.3. The SMILES string of the molecule is COC(=O)c1c(C)nc(CC(C)C)c(CNC(=O)OC(C)(C)C)c1-c1ccc(F)cc1. The summed E-state index contributed by atoms with van der Waals surface area (Å²) in [6.07, 6.45) is 0.0650. The van der Waals surface area contributed by atoms with E-state index in [0.29, 0.717) is 34.4 Å². The van der Waals surface area contributed by atoms with E-state index in [1.165, 1.54) is 19.2 Å². The molecule has 0 aliphatic carbocycles. The van der Waals surface area contributed by atoms with Gasteiger partial charge in [-0.3, -0.25) is 4.98 Å². The highest BCUT2D eigenvalue weighted by Crippen LogP contribution is 2.33. The van der Waals surface area contributed by atoms with Gasteiger partial charge in [0.25, 0.3) is 0 Å². The standard InChI is InChI=1S/C24H31FN2O4/c1-14(2)12-19-18(13-26-23(29)31-24(4,5)6)21(16-8-10-17(25)11-9-16)20(15(3)27-19)22(28)30-7/h8-11,14H,12-13H2,1-7H3,(H,26,29). The van der Waals surface area contributed by atoms with Crippen molar-refractivity contribution in [2.24, 2.45) is 5.92 Å². The van der Waals surface area contributed by atoms with Gasteiger partial charge in [0.2, 0.25) is 0 Å². The molecule has 0 fully saturated rings. The van der Waals surface area contributed by atoms with Gasteiger partial charge in [0.15, 0.2) is 0 Å². The van der Waals surface area contributed by atoms with E-state index in [2.05, 4.69) is 24.1 Å². The van der Waals surface area contributed by atoms with Gasteiger partial charge in [0.1, 0.15) is 11.4 Å². The summed E-state index contributed by atoms with van der Waals surface area (Å²) in [5, 5.41) is 2.77. The van der Waals surface area contributed by atoms with Crippen LogP contribution in [0.1, 0.15) is 61.9 Å². The molecule has 31 heavy (non-hydrogen) atoms. The molecule has 0 bridgehead atoms. The highest BCUT2D eigenvalue weighted by atomic mass is 19.1. The lowest BCUT2D eigenvalue weighted by atomic mass is 9.90. The molecular weight excluding hydrogens is 399 g/mol. The quantitative estimate of drug-likeness (QED) is 0.637. The summed E-state index contributed by atoms with van der Waals surface area (Å²) in [4.78, 5) is 29.6. The second-order valence-electron chi connectivity index (χ2n) is 8.82. The molecule has 2 rings (SSSR count). The lowest BCUT2D eigenvalue weighted by Gasteiger charge is -2.23. The Kier molecular flexibility index (Phi) is 7.76. The summed E-state index contributed by atoms with van der Waals surface area (Å²) in [7, 11) is 1.30. The van der Waals surface area contributed by atoms with Crippen LogP contribution in [0.15, 0.2) is 24.3 Å². The third-order valence-corrected chi connectivity index (χ3v) is 4.50. The predicted octanol–water partition coefficient (Wildman–Crippen LogP) is 5.21. The monoisotopic (exact) mass is 430 g/mol. The number of carbonyl (C=O) groups is 2. The molecule has 2 aromatic rings. The molecule has 0 radical (unpaired) electrons. The highest BCUT2D eigenvalue weighted by Gasteiger charge is 2.25. The van der Waals surface area contributed by atoms with Crippen molar-refractivity contribution in [1.82, 2.24) is 10.3 Å². The third-order valence-electron chi connectivity index (χ3n) is 4.50. The number of esters is 1. The Morgan fingerprint density at radius 3 is 2.29 bits per heavy atom. The first-order valence-corrected chi connectivity index (χ1v) is 10.3. The van der Waals surface area contributed by atoms with Crippen molar-refractivity contribution in [3.63, 3.8) is 0 Å². The molecule has 1 amide bonds. The minimum atomic E-state index is -0.646. The van der Waals surface area contributed by atoms with Gasteiger partial charge in [-0.2, -0.15) is 0 Å². The molecule has 0 unspecified atom stereocenters. The molecule has 1 aromatic heterocycles. The van der Waals surface area contributed by atoms with E-state index in [1.807, 2.05) is 0 Å². The molecule has 7 heteroatoms. The number of amides is 1. The number of rotatable bonds is 6. The van der Waals surface area contributed by atoms with Crippen molar-refractivity contribution < 1.29 is 23.5 Å². The number of nitrogens with one attached hydrogen (secondary N) is 1. The summed E-state index contributed by atoms with van der Waals surface area (Å²) >= 11 is 0. The van der Waals surface area contributed by atoms with Crippen LogP contribution in [0.5, 0.6) is 0 Å². The number of benzene rings is 1. The average molecular weight is 431 g/mol. The van der Waals surface area contributed by atoms with Crippen molar-refractivity contribution in [2.75, 3.05) is 7.11 Å². The number of pyridine rings is 1. The van der Waals surface area contributed by atoms with Gasteiger partial charge in [-0.15, -0.1) is 0 Å². The minimum Gasteiger partial charge on any atom is -0.465 e. The van der Waals surface area contributed by atoms with Crippen LogP contribution in [0.25, 0.3) is 11.1 Å². The van der Waals surface area contributed by atoms with Crippen LogP contribution in [-0.2, 0) is 22.4 Å². The smallest absolute Gasteiger partial charge is 0.407 e. The fourth-order valence-electron chi connectivity index (χ4n) is 3.31. The van der Waals surface area contributed by atoms with Crippen molar-refractivity contribution in [3.05, 3.63) is 52.6 Å². The maximum absolute atomic E-state index is 13.6. The normalized spacial score (nSPS) is 11.4. The second-order valence-corrected chi connectivity index (χ2v) is 8.82. The zero-order valence-corrected chi connectivity index (χ0v) is 19.3. The summed E-state index contributed by atoms with van der Waals surface area (Å²) in [5.41, 5.74) is 2.82. The second kappa shape index (κ2) is 9.90. The number of halogens is 1. The Balaban J connectivity index is 2.68. The maximum Gasteiger partial charge on any atom is 0.407 e. The largest absolute Gasteiger partial charge is 0.465 e. The maximum atomic E-state index is 13.6. The Morgan fingerprint density at radius 2 is 1.77 bits per heavy atom. The molecule has 0 aliphatic rings. The van der Waals surface area contributed by atoms with Gasteiger partial charge in [0, 0.05) is 23.4 Å². The number of methoxy groups -OCH3 is 1. The Labute approximate surface area is 183 Å². The third kappa shape index (κ3) is 6.51. The fraction of sp³-hybridized carbons (Fsp3) is 0.458. The van der Waals surface area contributed by atoms with Crippen LogP contribution in [0.4, 0.5) is 9.18 Å². The van der Waals surface area contributed by atoms with Gasteiger partial charge < -0.3 is 14.8 Å². The van der Waals surface area contributed by atoms with Crippen LogP contribution in [0.3, 0.4) is 0 Å². The summed E-state index contributed by atoms with van der Waals surface area (Å²) < 4.78 is 24.0. The van der Waals surface area contributed by atoms with Crippen molar-refractivity contribution in [2.45, 2.75) is 60.1 Å². The molecule has 168 valence electrons. The van der Waals surface area contributed by atoms with E-state index in [-0.39, 0.29) is 18.3 Å². The molecule has 1 heterocycles. The van der Waals surface area contributed by atoms with Gasteiger partial charge in [-0.05, 0) is 57.7 Å². The van der Waals surface area contributed by atoms with Crippen molar-refractivity contribution in [1.29, 1.82) is 0 Å². The van der Waals surface area contributed by atoms with E-state index in [4.69, 9.17) is 9.47 Å². The number of aryl methyl sites for hydroxylation is 1. The molecule has 0 spiro atoms. The molecular formula is C24H31FN2O4. The van der Waals surface area contributed by atoms with E-state index in [1.54, 1.807) is 39.8 Å². The number of nitrogens with zero attached hydrogens (tertiary/aromatic N) is 1. The molecule has 0 saturated carbocycles. The van der Waals surface area contributed by atoms with Crippen molar-refractivity contribution >= 4 is 12.1 Å². The van der Waals surface area contributed by atoms with Gasteiger partial charge in [0.05, 0.1) is 18.4 Å². The van der Waals surface area contributed by atoms with E-state index in [9.17, 15) is 14.0 Å². The summed E-state index contributed by atoms with van der Waals surface area (Å²) in [5.74, 6) is -0.638. The number of alkyl carbamates (subject to hydrolysis) is 1. The lowest BCUT2D eigenvalue weighted by molar-refractivity contribution is 0.0523. The first-order valence-electron chi connectivity index (χ1n) is 10.3. The van der Waals surface area contributed by atoms with Gasteiger partial charge in [-0.25, -0.2) is 14.0 Å². The number of hydrogen-bond acceptors (Lipinski definition) is 5. The molecule has 0 atom stereocenters. The number of carbonyl (C=O) groups excluding carboxylic acids is 2. The predicted molar refractivity (Wildman–Crippen MR) is 117 cm³/mol. The zero-order chi connectivity index (χ0) is 23.3. The van der Waals surface area contributed by atoms with Crippen LogP contribution in [0.2, 0.25) is 0 Å². The minimum absolute atomic E-state index is 0.0982. The fourth-order valence-corrected chi connectivity index (χ4v) is 3.31. The first-order chi connectivity index (χ1) is 14.4. The summed E-state index contributed by atoms with van der Waals surface area (Å²) in [6, 6.07) is 5.87. The number of hydrogen-bond donors (Lipinski definition) is 1. The Hall–Kier alpha value is -2.96. The lowest BCUT2D eigenvalue weighted by Crippen LogP contribution is -2.32. The Bertz CT molecular complexity index is 948. The number of ether oxygens (including phenoxy) is 2. The molecule has 0 aliphatic heterocycles. The van der Waals surface area contributed by atoms with Crippen LogP contribution >= 0.6 is 0 Å². The van der Waals surface area contributed by atoms with E-state index in [0.717, 1.165) is 5.69 Å². The number of aromatic nitrogens is 1. The first kappa shape index (κ1) is 24.3. The van der Waals surface area contributed by atoms with E-state index >= 15 is 0 Å². The van der Waals surface area contributed by atoms with Gasteiger partial charge >= 0.3 is 12.1 Å². The van der Waals surface area contributed by atoms with Crippen LogP contribution < -0.4 is 5.32 Å². The van der Waals surface area contributed by atoms with Gasteiger partial charge in [-0.1, -0.05) is 26.0 Å². The molecule has 1 N–H and O–H groups in total. The van der Waals surface area contributed by atoms with E-state index < -0.39 is 17.7 Å². The van der Waals surface area contributed by atoms with Crippen LogP contribution in [-0.4, -0.2) is 29.8 Å². The molecule has 1 aromatic carbocycles. The van der Waals surface area contributed by atoms with Crippen LogP contribution in [0, 0.1) is 18.7 Å². The van der Waals surface area contributed by atoms with Crippen molar-refractivity contribution in [3.8, 4) is 11.1 Å². The Morgan fingerprint density at radius 1 is 1.16 bits per heavy atom. The molecule has 6 nitrogen and oxygen atoms in total. The topological polar surface area (TPSA) is 77.5 Å². The average Bonchev–Trinajstić information content (AvgIpc) is 2.65. The molecule has 0 saturated heterocycles. The highest BCUT2D eigenvalue weighted by molar-refractivity contribution is 5.99.